The van der Waals surface area contributed by atoms with Gasteiger partial charge in [-0.2, -0.15) is 0 Å². The van der Waals surface area contributed by atoms with Crippen LogP contribution in [-0.2, 0) is 9.59 Å². The van der Waals surface area contributed by atoms with Crippen LogP contribution in [0.1, 0.15) is 30.7 Å². The Bertz CT molecular complexity index is 566. The molecule has 7 nitrogen and oxygen atoms in total. The molecule has 1 aromatic heterocycles. The number of nitrogens with zero attached hydrogens (tertiary/aromatic N) is 2. The van der Waals surface area contributed by atoms with Crippen molar-refractivity contribution in [2.45, 2.75) is 38.3 Å². The van der Waals surface area contributed by atoms with Crippen LogP contribution in [0, 0.1) is 6.92 Å². The van der Waals surface area contributed by atoms with Crippen molar-refractivity contribution in [3.63, 3.8) is 0 Å². The highest BCUT2D eigenvalue weighted by atomic mass is 16.5. The summed E-state index contributed by atoms with van der Waals surface area (Å²) in [5.74, 6) is -3.40. The number of fused-ring (bicyclic) bond motifs is 2. The number of aromatic nitrogens is 1. The molecular weight excluding hydrogens is 276 g/mol. The highest BCUT2D eigenvalue weighted by Gasteiger charge is 2.34. The summed E-state index contributed by atoms with van der Waals surface area (Å²) in [6.07, 6.45) is 6.07. The topological polar surface area (TPSA) is 110 Å². The smallest absolute Gasteiger partial charge is 0.162 e. The van der Waals surface area contributed by atoms with Gasteiger partial charge in [0.1, 0.15) is 0 Å². The number of carboxylic acids is 2. The molecule has 3 rings (SSSR count). The Morgan fingerprint density at radius 2 is 2.00 bits per heavy atom. The quantitative estimate of drug-likeness (QED) is 0.593. The van der Waals surface area contributed by atoms with E-state index in [9.17, 15) is 0 Å². The van der Waals surface area contributed by atoms with Gasteiger partial charge in [0, 0.05) is 18.2 Å². The average Bonchev–Trinajstić information content (AvgIpc) is 2.91. The van der Waals surface area contributed by atoms with Crippen molar-refractivity contribution < 1.29 is 24.3 Å². The van der Waals surface area contributed by atoms with Gasteiger partial charge in [0.05, 0.1) is 17.6 Å². The monoisotopic (exact) mass is 292 g/mol. The van der Waals surface area contributed by atoms with E-state index in [4.69, 9.17) is 24.3 Å². The number of carbonyl (C=O) groups excluding carboxylic acids is 2. The normalized spacial score (nSPS) is 24.0. The predicted molar refractivity (Wildman–Crippen MR) is 68.4 cm³/mol. The summed E-state index contributed by atoms with van der Waals surface area (Å²) in [6.45, 7) is 1.97. The van der Waals surface area contributed by atoms with E-state index in [0.717, 1.165) is 17.9 Å². The third-order valence-corrected chi connectivity index (χ3v) is 3.85. The van der Waals surface area contributed by atoms with Crippen molar-refractivity contribution in [3.8, 4) is 0 Å². The number of likely N-dealkylation sites (N-methyl/N-ethyl adjacent to an activating group) is 1. The van der Waals surface area contributed by atoms with Crippen molar-refractivity contribution >= 4 is 17.5 Å². The first-order chi connectivity index (χ1) is 9.88. The molecule has 0 spiro atoms. The van der Waals surface area contributed by atoms with Crippen molar-refractivity contribution in [1.29, 1.82) is 0 Å². The zero-order chi connectivity index (χ0) is 15.6. The highest BCUT2D eigenvalue weighted by Crippen LogP contribution is 2.37. The molecule has 1 saturated heterocycles. The summed E-state index contributed by atoms with van der Waals surface area (Å²) >= 11 is 0. The number of rotatable bonds is 1. The van der Waals surface area contributed by atoms with Gasteiger partial charge < -0.3 is 24.3 Å². The van der Waals surface area contributed by atoms with Gasteiger partial charge in [0.2, 0.25) is 0 Å². The first-order valence-electron chi connectivity index (χ1n) is 6.67. The fourth-order valence-corrected chi connectivity index (χ4v) is 2.74. The highest BCUT2D eigenvalue weighted by molar-refractivity contribution is 6.25. The second-order valence-corrected chi connectivity index (χ2v) is 5.27. The molecule has 2 bridgehead atoms. The lowest BCUT2D eigenvalue weighted by molar-refractivity contribution is -0.345. The minimum Gasteiger partial charge on any atom is -0.543 e. The number of hydrogen-bond donors (Lipinski definition) is 0. The van der Waals surface area contributed by atoms with E-state index in [1.807, 2.05) is 13.0 Å². The lowest BCUT2D eigenvalue weighted by atomic mass is 10.00. The second-order valence-electron chi connectivity index (χ2n) is 5.27. The number of aliphatic carboxylic acids is 2. The fraction of sp³-hybridized carbons (Fsp3) is 0.500. The van der Waals surface area contributed by atoms with Crippen molar-refractivity contribution in [2.24, 2.45) is 0 Å². The second kappa shape index (κ2) is 6.09. The molecule has 0 N–H and O–H groups in total. The summed E-state index contributed by atoms with van der Waals surface area (Å²) in [6, 6.07) is 3.36. The van der Waals surface area contributed by atoms with Crippen molar-refractivity contribution in [2.75, 3.05) is 7.05 Å². The van der Waals surface area contributed by atoms with Gasteiger partial charge in [-0.1, -0.05) is 11.2 Å². The molecule has 114 valence electrons. The molecular formula is C14H16N2O5-2. The van der Waals surface area contributed by atoms with E-state index in [2.05, 4.69) is 23.2 Å². The molecule has 0 saturated carbocycles. The molecule has 7 heteroatoms. The zero-order valence-corrected chi connectivity index (χ0v) is 11.9. The Kier molecular flexibility index (Phi) is 4.42. The Morgan fingerprint density at radius 3 is 2.48 bits per heavy atom. The van der Waals surface area contributed by atoms with Crippen LogP contribution in [0.2, 0.25) is 0 Å². The maximum absolute atomic E-state index is 8.93. The predicted octanol–water partition coefficient (Wildman–Crippen LogP) is -1.28. The summed E-state index contributed by atoms with van der Waals surface area (Å²) in [5.41, 5.74) is 2.32. The van der Waals surface area contributed by atoms with Gasteiger partial charge in [-0.15, -0.1) is 0 Å². The largest absolute Gasteiger partial charge is 0.543 e. The summed E-state index contributed by atoms with van der Waals surface area (Å²) in [7, 11) is 2.22. The molecule has 21 heavy (non-hydrogen) atoms. The Hall–Kier alpha value is -2.15. The molecule has 2 aliphatic heterocycles. The molecule has 0 radical (unpaired) electrons. The summed E-state index contributed by atoms with van der Waals surface area (Å²) in [4.78, 5) is 20.3. The molecule has 3 heterocycles. The molecule has 0 aliphatic carbocycles. The average molecular weight is 292 g/mol. The lowest BCUT2D eigenvalue weighted by Crippen LogP contribution is -2.42. The van der Waals surface area contributed by atoms with E-state index < -0.39 is 11.9 Å². The van der Waals surface area contributed by atoms with Crippen LogP contribution in [0.3, 0.4) is 0 Å². The van der Waals surface area contributed by atoms with Crippen LogP contribution in [0.25, 0.3) is 5.57 Å². The zero-order valence-electron chi connectivity index (χ0n) is 11.9. The first-order valence-corrected chi connectivity index (χ1v) is 6.67. The third-order valence-electron chi connectivity index (χ3n) is 3.85. The molecule has 1 aromatic rings. The molecule has 0 amide bonds. The Morgan fingerprint density at radius 1 is 1.33 bits per heavy atom. The van der Waals surface area contributed by atoms with Gasteiger partial charge >= 0.3 is 0 Å². The molecule has 2 atom stereocenters. The maximum Gasteiger partial charge on any atom is 0.162 e. The van der Waals surface area contributed by atoms with Crippen LogP contribution >= 0.6 is 0 Å². The van der Waals surface area contributed by atoms with Gasteiger partial charge in [-0.25, -0.2) is 0 Å². The minimum atomic E-state index is -2.19. The van der Waals surface area contributed by atoms with Gasteiger partial charge in [0.25, 0.3) is 0 Å². The Balaban J connectivity index is 0.000000232. The Labute approximate surface area is 121 Å². The standard InChI is InChI=1S/C12H16N2O.C2H2O4/c1-8-5-12(15-13-8)9-6-10-3-4-11(7-9)14(10)2;3-1(4)2(5)6/h5-6,10-11H,3-4,7H2,1-2H3;(H,3,4)(H,5,6)/p-2. The van der Waals surface area contributed by atoms with Crippen molar-refractivity contribution in [1.82, 2.24) is 10.1 Å². The van der Waals surface area contributed by atoms with Gasteiger partial charge in [0.15, 0.2) is 5.76 Å². The SMILES string of the molecule is Cc1cc(C2=CC3CCC(C2)N3C)on1.O=C([O-])C(=O)[O-]. The van der Waals surface area contributed by atoms with E-state index in [-0.39, 0.29) is 0 Å². The van der Waals surface area contributed by atoms with E-state index in [1.54, 1.807) is 0 Å². The summed E-state index contributed by atoms with van der Waals surface area (Å²) in [5, 5.41) is 21.8. The van der Waals surface area contributed by atoms with Crippen LogP contribution in [0.5, 0.6) is 0 Å². The fourth-order valence-electron chi connectivity index (χ4n) is 2.74. The van der Waals surface area contributed by atoms with Crippen LogP contribution in [0.15, 0.2) is 16.7 Å². The third kappa shape index (κ3) is 3.49. The number of carboxylic acid groups (broad SMARTS) is 2. The summed E-state index contributed by atoms with van der Waals surface area (Å²) < 4.78 is 5.33. The van der Waals surface area contributed by atoms with Gasteiger partial charge in [-0.3, -0.25) is 4.90 Å². The van der Waals surface area contributed by atoms with Crippen molar-refractivity contribution in [3.05, 3.63) is 23.6 Å². The number of carbonyl (C=O) groups is 2. The van der Waals surface area contributed by atoms with Crippen LogP contribution in [0.4, 0.5) is 0 Å². The lowest BCUT2D eigenvalue weighted by Gasteiger charge is -2.29. The first kappa shape index (κ1) is 15.2. The van der Waals surface area contributed by atoms with E-state index >= 15 is 0 Å². The van der Waals surface area contributed by atoms with E-state index in [1.165, 1.54) is 18.4 Å². The molecule has 0 aromatic carbocycles. The molecule has 2 aliphatic rings. The number of aryl methyl sites for hydroxylation is 1. The minimum absolute atomic E-state index is 0.615. The van der Waals surface area contributed by atoms with E-state index in [0.29, 0.717) is 12.1 Å². The van der Waals surface area contributed by atoms with Crippen LogP contribution < -0.4 is 10.2 Å². The molecule has 2 unspecified atom stereocenters. The maximum atomic E-state index is 8.93. The van der Waals surface area contributed by atoms with Gasteiger partial charge in [-0.05, 0) is 38.8 Å². The molecule has 1 fully saturated rings. The van der Waals surface area contributed by atoms with Crippen LogP contribution in [-0.4, -0.2) is 41.1 Å². The number of hydrogen-bond acceptors (Lipinski definition) is 7.